The summed E-state index contributed by atoms with van der Waals surface area (Å²) in [5.74, 6) is 0.890. The van der Waals surface area contributed by atoms with Gasteiger partial charge in [-0.2, -0.15) is 0 Å². The maximum absolute atomic E-state index is 4.35. The van der Waals surface area contributed by atoms with Gasteiger partial charge in [-0.1, -0.05) is 12.1 Å². The minimum Gasteiger partial charge on any atom is -0.369 e. The second-order valence-corrected chi connectivity index (χ2v) is 4.87. The second kappa shape index (κ2) is 5.28. The highest BCUT2D eigenvalue weighted by molar-refractivity contribution is 5.90. The fourth-order valence-corrected chi connectivity index (χ4v) is 2.31. The van der Waals surface area contributed by atoms with Crippen molar-refractivity contribution in [2.75, 3.05) is 11.9 Å². The first kappa shape index (κ1) is 12.6. The van der Waals surface area contributed by atoms with Gasteiger partial charge in [0.05, 0.1) is 11.8 Å². The van der Waals surface area contributed by atoms with E-state index in [1.54, 1.807) is 6.33 Å². The molecule has 0 aliphatic carbocycles. The highest BCUT2D eigenvalue weighted by Crippen LogP contribution is 2.21. The Balaban J connectivity index is 1.78. The second-order valence-electron chi connectivity index (χ2n) is 4.87. The zero-order valence-electron chi connectivity index (χ0n) is 11.7. The van der Waals surface area contributed by atoms with Crippen molar-refractivity contribution in [1.29, 1.82) is 0 Å². The van der Waals surface area contributed by atoms with Gasteiger partial charge < -0.3 is 9.88 Å². The lowest BCUT2D eigenvalue weighted by molar-refractivity contribution is 0.815. The first-order valence-corrected chi connectivity index (χ1v) is 6.65. The number of aryl methyl sites for hydroxylation is 2. The van der Waals surface area contributed by atoms with Crippen LogP contribution in [0.3, 0.4) is 0 Å². The van der Waals surface area contributed by atoms with Crippen LogP contribution >= 0.6 is 0 Å². The Bertz CT molecular complexity index is 732. The molecular weight excluding hydrogens is 250 g/mol. The number of nitrogens with one attached hydrogen (secondary N) is 1. The number of benzene rings is 1. The van der Waals surface area contributed by atoms with Crippen molar-refractivity contribution in [1.82, 2.24) is 19.5 Å². The van der Waals surface area contributed by atoms with Crippen LogP contribution in [-0.2, 0) is 13.5 Å². The number of hydrogen-bond acceptors (Lipinski definition) is 4. The van der Waals surface area contributed by atoms with Gasteiger partial charge in [0.25, 0.3) is 0 Å². The van der Waals surface area contributed by atoms with Crippen molar-refractivity contribution in [3.8, 4) is 0 Å². The molecular formula is C15H17N5. The van der Waals surface area contributed by atoms with Gasteiger partial charge >= 0.3 is 0 Å². The van der Waals surface area contributed by atoms with Gasteiger partial charge in [-0.25, -0.2) is 15.0 Å². The highest BCUT2D eigenvalue weighted by atomic mass is 15.0. The molecule has 1 aromatic carbocycles. The third kappa shape index (κ3) is 2.34. The summed E-state index contributed by atoms with van der Waals surface area (Å²) < 4.78 is 2.03. The Morgan fingerprint density at radius 2 is 2.15 bits per heavy atom. The van der Waals surface area contributed by atoms with E-state index in [1.807, 2.05) is 30.2 Å². The van der Waals surface area contributed by atoms with Crippen LogP contribution in [0.25, 0.3) is 10.9 Å². The van der Waals surface area contributed by atoms with Gasteiger partial charge in [0.1, 0.15) is 12.1 Å². The van der Waals surface area contributed by atoms with E-state index in [-0.39, 0.29) is 0 Å². The lowest BCUT2D eigenvalue weighted by Gasteiger charge is -2.09. The van der Waals surface area contributed by atoms with E-state index in [4.69, 9.17) is 0 Å². The van der Waals surface area contributed by atoms with Crippen molar-refractivity contribution < 1.29 is 0 Å². The van der Waals surface area contributed by atoms with Crippen molar-refractivity contribution in [2.24, 2.45) is 7.05 Å². The summed E-state index contributed by atoms with van der Waals surface area (Å²) in [6.45, 7) is 2.88. The quantitative estimate of drug-likeness (QED) is 0.788. The summed E-state index contributed by atoms with van der Waals surface area (Å²) in [4.78, 5) is 12.8. The zero-order chi connectivity index (χ0) is 13.9. The van der Waals surface area contributed by atoms with Crippen LogP contribution in [0.4, 0.5) is 5.82 Å². The number of fused-ring (bicyclic) bond motifs is 1. The van der Waals surface area contributed by atoms with Crippen molar-refractivity contribution in [3.63, 3.8) is 0 Å². The van der Waals surface area contributed by atoms with Crippen LogP contribution in [0.15, 0.2) is 37.1 Å². The molecule has 3 rings (SSSR count). The molecule has 0 aliphatic heterocycles. The van der Waals surface area contributed by atoms with E-state index in [0.29, 0.717) is 0 Å². The summed E-state index contributed by atoms with van der Waals surface area (Å²) in [5.41, 5.74) is 3.37. The third-order valence-corrected chi connectivity index (χ3v) is 3.46. The summed E-state index contributed by atoms with van der Waals surface area (Å²) in [6, 6.07) is 6.15. The molecule has 3 aromatic rings. The summed E-state index contributed by atoms with van der Waals surface area (Å²) in [5, 5.41) is 4.46. The van der Waals surface area contributed by atoms with Crippen molar-refractivity contribution in [3.05, 3.63) is 48.3 Å². The average Bonchev–Trinajstić information content (AvgIpc) is 2.86. The molecule has 20 heavy (non-hydrogen) atoms. The molecule has 5 nitrogen and oxygen atoms in total. The molecule has 0 aliphatic rings. The molecule has 0 amide bonds. The number of para-hydroxylation sites is 1. The van der Waals surface area contributed by atoms with Gasteiger partial charge in [0.2, 0.25) is 0 Å². The SMILES string of the molecule is Cc1cccc2c(NCCc3cncn3C)ncnc12. The summed E-state index contributed by atoms with van der Waals surface area (Å²) in [6.07, 6.45) is 6.23. The number of nitrogens with zero attached hydrogens (tertiary/aromatic N) is 4. The smallest absolute Gasteiger partial charge is 0.137 e. The molecule has 0 bridgehead atoms. The van der Waals surface area contributed by atoms with Gasteiger partial charge in [-0.3, -0.25) is 0 Å². The monoisotopic (exact) mass is 267 g/mol. The first-order chi connectivity index (χ1) is 9.75. The number of anilines is 1. The topological polar surface area (TPSA) is 55.6 Å². The molecule has 0 saturated carbocycles. The molecule has 0 spiro atoms. The van der Waals surface area contributed by atoms with Gasteiger partial charge in [-0.15, -0.1) is 0 Å². The number of aromatic nitrogens is 4. The zero-order valence-corrected chi connectivity index (χ0v) is 11.7. The molecule has 2 aromatic heterocycles. The molecule has 0 unspecified atom stereocenters. The van der Waals surface area contributed by atoms with E-state index in [1.165, 1.54) is 11.3 Å². The fraction of sp³-hybridized carbons (Fsp3) is 0.267. The van der Waals surface area contributed by atoms with Crippen LogP contribution in [-0.4, -0.2) is 26.1 Å². The van der Waals surface area contributed by atoms with Crippen molar-refractivity contribution in [2.45, 2.75) is 13.3 Å². The van der Waals surface area contributed by atoms with E-state index in [0.717, 1.165) is 29.7 Å². The molecule has 0 radical (unpaired) electrons. The maximum Gasteiger partial charge on any atom is 0.137 e. The first-order valence-electron chi connectivity index (χ1n) is 6.65. The number of hydrogen-bond donors (Lipinski definition) is 1. The number of rotatable bonds is 4. The van der Waals surface area contributed by atoms with E-state index >= 15 is 0 Å². The molecule has 5 heteroatoms. The predicted molar refractivity (Wildman–Crippen MR) is 79.7 cm³/mol. The number of imidazole rings is 1. The Morgan fingerprint density at radius 1 is 1.25 bits per heavy atom. The summed E-state index contributed by atoms with van der Waals surface area (Å²) >= 11 is 0. The lowest BCUT2D eigenvalue weighted by atomic mass is 10.1. The molecule has 0 fully saturated rings. The Morgan fingerprint density at radius 3 is 2.95 bits per heavy atom. The molecule has 1 N–H and O–H groups in total. The molecule has 102 valence electrons. The average molecular weight is 267 g/mol. The lowest BCUT2D eigenvalue weighted by Crippen LogP contribution is -2.09. The predicted octanol–water partition coefficient (Wildman–Crippen LogP) is 2.33. The van der Waals surface area contributed by atoms with Crippen LogP contribution in [0.5, 0.6) is 0 Å². The molecule has 0 saturated heterocycles. The van der Waals surface area contributed by atoms with E-state index < -0.39 is 0 Å². The van der Waals surface area contributed by atoms with Crippen LogP contribution in [0, 0.1) is 6.92 Å². The normalized spacial score (nSPS) is 10.9. The van der Waals surface area contributed by atoms with Gasteiger partial charge in [-0.05, 0) is 18.6 Å². The fourth-order valence-electron chi connectivity index (χ4n) is 2.31. The summed E-state index contributed by atoms with van der Waals surface area (Å²) in [7, 11) is 2.01. The van der Waals surface area contributed by atoms with Crippen LogP contribution in [0.2, 0.25) is 0 Å². The van der Waals surface area contributed by atoms with Gasteiger partial charge in [0.15, 0.2) is 0 Å². The highest BCUT2D eigenvalue weighted by Gasteiger charge is 2.05. The Kier molecular flexibility index (Phi) is 3.33. The molecule has 2 heterocycles. The Labute approximate surface area is 117 Å². The maximum atomic E-state index is 4.35. The third-order valence-electron chi connectivity index (χ3n) is 3.46. The van der Waals surface area contributed by atoms with E-state index in [9.17, 15) is 0 Å². The Hall–Kier alpha value is -2.43. The minimum atomic E-state index is 0.819. The van der Waals surface area contributed by atoms with Crippen LogP contribution < -0.4 is 5.32 Å². The molecule has 0 atom stereocenters. The minimum absolute atomic E-state index is 0.819. The standard InChI is InChI=1S/C15H17N5/c1-11-4-3-5-13-14(11)18-9-19-15(13)17-7-6-12-8-16-10-20(12)2/h3-5,8-10H,6-7H2,1-2H3,(H,17,18,19). The van der Waals surface area contributed by atoms with Crippen molar-refractivity contribution >= 4 is 16.7 Å². The van der Waals surface area contributed by atoms with E-state index in [2.05, 4.69) is 39.3 Å². The van der Waals surface area contributed by atoms with Gasteiger partial charge in [0, 0.05) is 37.3 Å². The largest absolute Gasteiger partial charge is 0.369 e. The van der Waals surface area contributed by atoms with Crippen LogP contribution in [0.1, 0.15) is 11.3 Å².